The molecule has 0 saturated heterocycles. The lowest BCUT2D eigenvalue weighted by Crippen LogP contribution is -2.03. The van der Waals surface area contributed by atoms with Gasteiger partial charge in [0.1, 0.15) is 5.82 Å². The third-order valence-electron chi connectivity index (χ3n) is 10.4. The Bertz CT molecular complexity index is 3200. The fourth-order valence-electron chi connectivity index (χ4n) is 7.94. The van der Waals surface area contributed by atoms with Gasteiger partial charge in [0.2, 0.25) is 0 Å². The Balaban J connectivity index is 1.19. The van der Waals surface area contributed by atoms with Gasteiger partial charge in [0, 0.05) is 33.3 Å². The number of fused-ring (bicyclic) bond motifs is 9. The van der Waals surface area contributed by atoms with Gasteiger partial charge >= 0.3 is 0 Å². The highest BCUT2D eigenvalue weighted by atomic mass is 15.1. The normalized spacial score (nSPS) is 11.9. The lowest BCUT2D eigenvalue weighted by atomic mass is 9.96. The summed E-state index contributed by atoms with van der Waals surface area (Å²) in [6, 6.07) is 58.6. The van der Waals surface area contributed by atoms with Crippen LogP contribution >= 0.6 is 0 Å². The van der Waals surface area contributed by atoms with Gasteiger partial charge in [-0.2, -0.15) is 0 Å². The minimum Gasteiger partial charge on any atom is -0.293 e. The molecule has 4 nitrogen and oxygen atoms in total. The first-order valence-corrected chi connectivity index (χ1v) is 17.3. The quantitative estimate of drug-likeness (QED) is 0.179. The van der Waals surface area contributed by atoms with Crippen molar-refractivity contribution in [2.45, 2.75) is 0 Å². The Morgan fingerprint density at radius 1 is 0.392 bits per heavy atom. The van der Waals surface area contributed by atoms with E-state index in [0.29, 0.717) is 5.82 Å². The van der Waals surface area contributed by atoms with Crippen molar-refractivity contribution in [1.29, 1.82) is 0 Å². The first kappa shape index (κ1) is 28.0. The second-order valence-electron chi connectivity index (χ2n) is 13.3. The van der Waals surface area contributed by atoms with Crippen LogP contribution in [0.3, 0.4) is 0 Å². The second kappa shape index (κ2) is 10.8. The molecule has 0 aliphatic rings. The van der Waals surface area contributed by atoms with Crippen molar-refractivity contribution in [3.05, 3.63) is 170 Å². The van der Waals surface area contributed by atoms with Crippen LogP contribution in [0.5, 0.6) is 0 Å². The average Bonchev–Trinajstić information content (AvgIpc) is 3.51. The molecule has 0 amide bonds. The summed E-state index contributed by atoms with van der Waals surface area (Å²) >= 11 is 0. The molecule has 0 fully saturated rings. The lowest BCUT2D eigenvalue weighted by Gasteiger charge is -2.14. The molecule has 11 rings (SSSR count). The Kier molecular flexibility index (Phi) is 5.92. The van der Waals surface area contributed by atoms with Crippen molar-refractivity contribution >= 4 is 75.9 Å². The molecule has 0 spiro atoms. The van der Waals surface area contributed by atoms with Crippen molar-refractivity contribution in [3.8, 4) is 28.3 Å². The molecule has 0 saturated carbocycles. The molecule has 0 radical (unpaired) electrons. The molecule has 0 aliphatic carbocycles. The fourth-order valence-corrected chi connectivity index (χ4v) is 7.94. The van der Waals surface area contributed by atoms with Gasteiger partial charge < -0.3 is 0 Å². The number of benzene rings is 8. The van der Waals surface area contributed by atoms with Crippen LogP contribution in [0.4, 0.5) is 0 Å². The van der Waals surface area contributed by atoms with Gasteiger partial charge in [-0.05, 0) is 98.0 Å². The Hall–Kier alpha value is -6.91. The van der Waals surface area contributed by atoms with Crippen LogP contribution in [0.1, 0.15) is 0 Å². The first-order valence-electron chi connectivity index (χ1n) is 17.3. The highest BCUT2D eigenvalue weighted by Crippen LogP contribution is 2.39. The first-order chi connectivity index (χ1) is 25.3. The standard InChI is InChI=1S/C47H28N4/c1-2-11-32-28-44-41(26-31(32)10-1)40-27-34(33-20-22-37-35(25-33)19-18-29-9-3-4-14-36(29)37)21-23-43(40)51(44)47-38-15-5-6-17-42(38)49-46(50-47)39-16-7-12-30-13-8-24-48-45(30)39/h1-28H. The molecular weight excluding hydrogens is 621 g/mol. The van der Waals surface area contributed by atoms with E-state index >= 15 is 0 Å². The molecule has 0 N–H and O–H groups in total. The number of hydrogen-bond donors (Lipinski definition) is 0. The van der Waals surface area contributed by atoms with Gasteiger partial charge in [-0.25, -0.2) is 9.97 Å². The zero-order valence-corrected chi connectivity index (χ0v) is 27.5. The van der Waals surface area contributed by atoms with Crippen LogP contribution in [-0.4, -0.2) is 19.5 Å². The summed E-state index contributed by atoms with van der Waals surface area (Å²) in [7, 11) is 0. The van der Waals surface area contributed by atoms with Crippen molar-refractivity contribution < 1.29 is 0 Å². The molecule has 236 valence electrons. The summed E-state index contributed by atoms with van der Waals surface area (Å²) in [5, 5.41) is 11.9. The van der Waals surface area contributed by atoms with Crippen LogP contribution < -0.4 is 0 Å². The summed E-state index contributed by atoms with van der Waals surface area (Å²) < 4.78 is 2.33. The van der Waals surface area contributed by atoms with Crippen LogP contribution in [0.25, 0.3) is 104 Å². The minimum absolute atomic E-state index is 0.657. The van der Waals surface area contributed by atoms with E-state index in [1.165, 1.54) is 54.2 Å². The fraction of sp³-hybridized carbons (Fsp3) is 0. The van der Waals surface area contributed by atoms with Crippen LogP contribution in [0.15, 0.2) is 170 Å². The van der Waals surface area contributed by atoms with Crippen LogP contribution in [-0.2, 0) is 0 Å². The molecular formula is C47H28N4. The van der Waals surface area contributed by atoms with Crippen molar-refractivity contribution in [2.75, 3.05) is 0 Å². The summed E-state index contributed by atoms with van der Waals surface area (Å²) in [6.07, 6.45) is 1.83. The van der Waals surface area contributed by atoms with Gasteiger partial charge in [0.05, 0.1) is 22.1 Å². The van der Waals surface area contributed by atoms with E-state index in [0.717, 1.165) is 44.2 Å². The predicted molar refractivity (Wildman–Crippen MR) is 213 cm³/mol. The van der Waals surface area contributed by atoms with Gasteiger partial charge in [-0.1, -0.05) is 109 Å². The van der Waals surface area contributed by atoms with Gasteiger partial charge in [0.15, 0.2) is 5.82 Å². The molecule has 0 atom stereocenters. The summed E-state index contributed by atoms with van der Waals surface area (Å²) in [4.78, 5) is 15.3. The summed E-state index contributed by atoms with van der Waals surface area (Å²) in [5.74, 6) is 1.51. The molecule has 0 unspecified atom stereocenters. The number of hydrogen-bond acceptors (Lipinski definition) is 3. The minimum atomic E-state index is 0.657. The third kappa shape index (κ3) is 4.30. The zero-order chi connectivity index (χ0) is 33.5. The second-order valence-corrected chi connectivity index (χ2v) is 13.3. The van der Waals surface area contributed by atoms with E-state index in [9.17, 15) is 0 Å². The van der Waals surface area contributed by atoms with Crippen molar-refractivity contribution in [3.63, 3.8) is 0 Å². The number of para-hydroxylation sites is 2. The van der Waals surface area contributed by atoms with Crippen molar-refractivity contribution in [1.82, 2.24) is 19.5 Å². The van der Waals surface area contributed by atoms with Gasteiger partial charge in [-0.3, -0.25) is 9.55 Å². The van der Waals surface area contributed by atoms with E-state index < -0.39 is 0 Å². The Labute approximate surface area is 292 Å². The molecule has 3 aromatic heterocycles. The molecule has 11 aromatic rings. The van der Waals surface area contributed by atoms with Crippen LogP contribution in [0, 0.1) is 0 Å². The average molecular weight is 649 g/mol. The molecule has 8 aromatic carbocycles. The molecule has 4 heteroatoms. The zero-order valence-electron chi connectivity index (χ0n) is 27.5. The van der Waals surface area contributed by atoms with Gasteiger partial charge in [0.25, 0.3) is 0 Å². The summed E-state index contributed by atoms with van der Waals surface area (Å²) in [5.41, 5.74) is 7.28. The maximum absolute atomic E-state index is 5.40. The van der Waals surface area contributed by atoms with E-state index in [2.05, 4.69) is 156 Å². The summed E-state index contributed by atoms with van der Waals surface area (Å²) in [6.45, 7) is 0. The number of pyridine rings is 1. The van der Waals surface area contributed by atoms with Crippen LogP contribution in [0.2, 0.25) is 0 Å². The Morgan fingerprint density at radius 3 is 2.00 bits per heavy atom. The van der Waals surface area contributed by atoms with E-state index in [4.69, 9.17) is 15.0 Å². The van der Waals surface area contributed by atoms with E-state index in [1.807, 2.05) is 18.3 Å². The predicted octanol–water partition coefficient (Wildman–Crippen LogP) is 12.1. The number of aromatic nitrogens is 4. The molecule has 0 aliphatic heterocycles. The van der Waals surface area contributed by atoms with Gasteiger partial charge in [-0.15, -0.1) is 0 Å². The number of nitrogens with zero attached hydrogens (tertiary/aromatic N) is 4. The SMILES string of the molecule is c1ccc2cc3c(cc2c1)c1cc(-c2ccc4c(ccc5ccccc54)c2)ccc1n3-c1nc(-c2cccc3cccnc23)nc2ccccc12. The van der Waals surface area contributed by atoms with Crippen molar-refractivity contribution in [2.24, 2.45) is 0 Å². The highest BCUT2D eigenvalue weighted by Gasteiger charge is 2.20. The molecule has 51 heavy (non-hydrogen) atoms. The largest absolute Gasteiger partial charge is 0.293 e. The maximum atomic E-state index is 5.40. The monoisotopic (exact) mass is 648 g/mol. The third-order valence-corrected chi connectivity index (χ3v) is 10.4. The Morgan fingerprint density at radius 2 is 1.08 bits per heavy atom. The smallest absolute Gasteiger partial charge is 0.164 e. The molecule has 3 heterocycles. The van der Waals surface area contributed by atoms with E-state index in [-0.39, 0.29) is 0 Å². The topological polar surface area (TPSA) is 43.6 Å². The van der Waals surface area contributed by atoms with E-state index in [1.54, 1.807) is 0 Å². The lowest BCUT2D eigenvalue weighted by molar-refractivity contribution is 1.08. The number of rotatable bonds is 3. The maximum Gasteiger partial charge on any atom is 0.164 e. The molecule has 0 bridgehead atoms. The highest BCUT2D eigenvalue weighted by molar-refractivity contribution is 6.15.